The Labute approximate surface area is 164 Å². The first-order valence-corrected chi connectivity index (χ1v) is 10.2. The van der Waals surface area contributed by atoms with E-state index in [4.69, 9.17) is 0 Å². The van der Waals surface area contributed by atoms with Crippen LogP contribution < -0.4 is 10.6 Å². The number of hydrogen-bond donors (Lipinski definition) is 2. The molecule has 1 aromatic carbocycles. The van der Waals surface area contributed by atoms with E-state index in [1.807, 2.05) is 35.7 Å². The number of piperazine rings is 1. The van der Waals surface area contributed by atoms with Gasteiger partial charge < -0.3 is 10.6 Å². The molecule has 2 aromatic rings. The van der Waals surface area contributed by atoms with Crippen LogP contribution in [0.3, 0.4) is 0 Å². The molecule has 1 fully saturated rings. The van der Waals surface area contributed by atoms with Crippen LogP contribution in [0.25, 0.3) is 0 Å². The second kappa shape index (κ2) is 9.10. The summed E-state index contributed by atoms with van der Waals surface area (Å²) in [4.78, 5) is 31.4. The van der Waals surface area contributed by atoms with Gasteiger partial charge in [-0.15, -0.1) is 11.3 Å². The van der Waals surface area contributed by atoms with Crippen LogP contribution >= 0.6 is 11.3 Å². The third-order valence-corrected chi connectivity index (χ3v) is 5.77. The third kappa shape index (κ3) is 5.37. The standard InChI is InChI=1S/C20H26N4O2S/c1-14(2)20-23-16(13-27-20)11-22-18(25)10-17-19(26)21-8-9-24(17)12-15-6-4-3-5-7-15/h3-7,13-14,17H,8-12H2,1-2H3,(H,21,26)(H,22,25). The molecule has 27 heavy (non-hydrogen) atoms. The summed E-state index contributed by atoms with van der Waals surface area (Å²) in [6, 6.07) is 9.58. The van der Waals surface area contributed by atoms with Gasteiger partial charge in [0.25, 0.3) is 0 Å². The Bertz CT molecular complexity index is 775. The second-order valence-corrected chi connectivity index (χ2v) is 7.97. The Morgan fingerprint density at radius 1 is 1.37 bits per heavy atom. The van der Waals surface area contributed by atoms with Crippen molar-refractivity contribution in [2.24, 2.45) is 0 Å². The number of nitrogens with one attached hydrogen (secondary N) is 2. The number of thiazole rings is 1. The lowest BCUT2D eigenvalue weighted by Gasteiger charge is -2.34. The minimum atomic E-state index is -0.444. The van der Waals surface area contributed by atoms with Gasteiger partial charge in [0, 0.05) is 30.9 Å². The van der Waals surface area contributed by atoms with Crippen LogP contribution in [0.5, 0.6) is 0 Å². The molecular formula is C20H26N4O2S. The lowest BCUT2D eigenvalue weighted by molar-refractivity contribution is -0.134. The summed E-state index contributed by atoms with van der Waals surface area (Å²) in [5.41, 5.74) is 2.01. The minimum Gasteiger partial charge on any atom is -0.353 e. The van der Waals surface area contributed by atoms with Gasteiger partial charge in [0.05, 0.1) is 29.7 Å². The van der Waals surface area contributed by atoms with Crippen LogP contribution in [-0.4, -0.2) is 40.8 Å². The van der Waals surface area contributed by atoms with Gasteiger partial charge >= 0.3 is 0 Å². The minimum absolute atomic E-state index is 0.0805. The molecule has 1 aromatic heterocycles. The molecule has 0 spiro atoms. The van der Waals surface area contributed by atoms with E-state index in [1.165, 1.54) is 0 Å². The van der Waals surface area contributed by atoms with Gasteiger partial charge in [-0.05, 0) is 5.56 Å². The molecule has 0 aliphatic carbocycles. The molecule has 0 saturated carbocycles. The van der Waals surface area contributed by atoms with Crippen molar-refractivity contribution in [3.63, 3.8) is 0 Å². The highest BCUT2D eigenvalue weighted by Crippen LogP contribution is 2.19. The maximum absolute atomic E-state index is 12.4. The van der Waals surface area contributed by atoms with E-state index in [0.29, 0.717) is 25.6 Å². The van der Waals surface area contributed by atoms with E-state index in [9.17, 15) is 9.59 Å². The second-order valence-electron chi connectivity index (χ2n) is 7.08. The fourth-order valence-corrected chi connectivity index (χ4v) is 3.93. The number of rotatable bonds is 7. The van der Waals surface area contributed by atoms with Crippen molar-refractivity contribution in [2.75, 3.05) is 13.1 Å². The molecular weight excluding hydrogens is 360 g/mol. The van der Waals surface area contributed by atoms with Crippen LogP contribution in [-0.2, 0) is 22.7 Å². The van der Waals surface area contributed by atoms with Crippen molar-refractivity contribution in [1.82, 2.24) is 20.5 Å². The predicted molar refractivity (Wildman–Crippen MR) is 106 cm³/mol. The Morgan fingerprint density at radius 2 is 2.15 bits per heavy atom. The average molecular weight is 387 g/mol. The van der Waals surface area contributed by atoms with E-state index >= 15 is 0 Å². The zero-order chi connectivity index (χ0) is 19.2. The van der Waals surface area contributed by atoms with Crippen molar-refractivity contribution in [2.45, 2.75) is 45.3 Å². The molecule has 7 heteroatoms. The normalized spacial score (nSPS) is 17.7. The zero-order valence-electron chi connectivity index (χ0n) is 15.8. The predicted octanol–water partition coefficient (Wildman–Crippen LogP) is 2.27. The average Bonchev–Trinajstić information content (AvgIpc) is 3.13. The highest BCUT2D eigenvalue weighted by atomic mass is 32.1. The Balaban J connectivity index is 1.56. The van der Waals surface area contributed by atoms with Gasteiger partial charge in [-0.2, -0.15) is 0 Å². The fourth-order valence-electron chi connectivity index (χ4n) is 3.10. The summed E-state index contributed by atoms with van der Waals surface area (Å²) in [6.45, 7) is 6.61. The van der Waals surface area contributed by atoms with Crippen molar-refractivity contribution < 1.29 is 9.59 Å². The van der Waals surface area contributed by atoms with Crippen molar-refractivity contribution in [1.29, 1.82) is 0 Å². The summed E-state index contributed by atoms with van der Waals surface area (Å²) < 4.78 is 0. The largest absolute Gasteiger partial charge is 0.353 e. The first-order chi connectivity index (χ1) is 13.0. The summed E-state index contributed by atoms with van der Waals surface area (Å²) in [5.74, 6) is 0.175. The smallest absolute Gasteiger partial charge is 0.237 e. The van der Waals surface area contributed by atoms with E-state index in [-0.39, 0.29) is 18.2 Å². The topological polar surface area (TPSA) is 74.3 Å². The zero-order valence-corrected chi connectivity index (χ0v) is 16.6. The molecule has 0 bridgehead atoms. The van der Waals surface area contributed by atoms with Crippen LogP contribution in [0.4, 0.5) is 0 Å². The number of benzene rings is 1. The van der Waals surface area contributed by atoms with Gasteiger partial charge in [0.2, 0.25) is 11.8 Å². The van der Waals surface area contributed by atoms with Gasteiger partial charge in [0.1, 0.15) is 0 Å². The molecule has 2 N–H and O–H groups in total. The summed E-state index contributed by atoms with van der Waals surface area (Å²) in [5, 5.41) is 8.82. The first kappa shape index (κ1) is 19.5. The first-order valence-electron chi connectivity index (χ1n) is 9.29. The number of carbonyl (C=O) groups excluding carboxylic acids is 2. The van der Waals surface area contributed by atoms with Crippen LogP contribution in [0, 0.1) is 0 Å². The Morgan fingerprint density at radius 3 is 2.85 bits per heavy atom. The third-order valence-electron chi connectivity index (χ3n) is 4.58. The monoisotopic (exact) mass is 386 g/mol. The number of amides is 2. The summed E-state index contributed by atoms with van der Waals surface area (Å²) in [7, 11) is 0. The van der Waals surface area contributed by atoms with Crippen LogP contribution in [0.15, 0.2) is 35.7 Å². The highest BCUT2D eigenvalue weighted by molar-refractivity contribution is 7.09. The molecule has 1 unspecified atom stereocenters. The van der Waals surface area contributed by atoms with Crippen molar-refractivity contribution >= 4 is 23.2 Å². The molecule has 144 valence electrons. The SMILES string of the molecule is CC(C)c1nc(CNC(=O)CC2C(=O)NCCN2Cc2ccccc2)cs1. The highest BCUT2D eigenvalue weighted by Gasteiger charge is 2.31. The molecule has 2 heterocycles. The van der Waals surface area contributed by atoms with Crippen molar-refractivity contribution in [3.05, 3.63) is 52.0 Å². The molecule has 0 radical (unpaired) electrons. The molecule has 2 amide bonds. The number of carbonyl (C=O) groups is 2. The van der Waals surface area contributed by atoms with Crippen LogP contribution in [0.2, 0.25) is 0 Å². The number of nitrogens with zero attached hydrogens (tertiary/aromatic N) is 2. The van der Waals surface area contributed by atoms with E-state index in [1.54, 1.807) is 11.3 Å². The molecule has 6 nitrogen and oxygen atoms in total. The van der Waals surface area contributed by atoms with E-state index < -0.39 is 6.04 Å². The van der Waals surface area contributed by atoms with Gasteiger partial charge in [-0.1, -0.05) is 44.2 Å². The maximum Gasteiger partial charge on any atom is 0.237 e. The van der Waals surface area contributed by atoms with Crippen molar-refractivity contribution in [3.8, 4) is 0 Å². The van der Waals surface area contributed by atoms with Gasteiger partial charge in [-0.3, -0.25) is 14.5 Å². The van der Waals surface area contributed by atoms with E-state index in [0.717, 1.165) is 22.8 Å². The molecule has 1 atom stereocenters. The summed E-state index contributed by atoms with van der Waals surface area (Å²) in [6.07, 6.45) is 0.153. The molecule has 1 aliphatic heterocycles. The van der Waals surface area contributed by atoms with Crippen LogP contribution in [0.1, 0.15) is 42.5 Å². The Kier molecular flexibility index (Phi) is 6.58. The Hall–Kier alpha value is -2.25. The maximum atomic E-state index is 12.4. The van der Waals surface area contributed by atoms with Gasteiger partial charge in [-0.25, -0.2) is 4.98 Å². The number of hydrogen-bond acceptors (Lipinski definition) is 5. The molecule has 3 rings (SSSR count). The lowest BCUT2D eigenvalue weighted by atomic mass is 10.1. The number of aromatic nitrogens is 1. The lowest BCUT2D eigenvalue weighted by Crippen LogP contribution is -2.56. The molecule has 1 aliphatic rings. The molecule has 1 saturated heterocycles. The van der Waals surface area contributed by atoms with Gasteiger partial charge in [0.15, 0.2) is 0 Å². The van der Waals surface area contributed by atoms with E-state index in [2.05, 4.69) is 34.4 Å². The summed E-state index contributed by atoms with van der Waals surface area (Å²) >= 11 is 1.61. The fraction of sp³-hybridized carbons (Fsp3) is 0.450. The quantitative estimate of drug-likeness (QED) is 0.766.